The van der Waals surface area contributed by atoms with Crippen molar-refractivity contribution >= 4 is 44.5 Å². The molecule has 0 spiro atoms. The molecule has 0 aliphatic carbocycles. The number of thiazole rings is 2. The molecule has 0 bridgehead atoms. The maximum absolute atomic E-state index is 11.6. The summed E-state index contributed by atoms with van der Waals surface area (Å²) in [7, 11) is 2.15. The molecule has 4 rings (SSSR count). The number of rotatable bonds is 7. The van der Waals surface area contributed by atoms with Crippen molar-refractivity contribution in [1.29, 1.82) is 0 Å². The van der Waals surface area contributed by atoms with E-state index in [1.807, 2.05) is 26.2 Å². The Hall–Kier alpha value is -2.69. The van der Waals surface area contributed by atoms with Crippen LogP contribution < -0.4 is 20.7 Å². The first-order valence-corrected chi connectivity index (χ1v) is 12.2. The van der Waals surface area contributed by atoms with Gasteiger partial charge in [-0.1, -0.05) is 11.3 Å². The monoisotopic (exact) mass is 472 g/mol. The van der Waals surface area contributed by atoms with E-state index in [0.29, 0.717) is 22.1 Å². The van der Waals surface area contributed by atoms with E-state index in [2.05, 4.69) is 22.2 Å². The fraction of sp³-hybridized carbons (Fsp3) is 0.409. The van der Waals surface area contributed by atoms with Gasteiger partial charge in [-0.25, -0.2) is 9.97 Å². The number of primary amides is 1. The van der Waals surface area contributed by atoms with Gasteiger partial charge in [0.1, 0.15) is 5.75 Å². The summed E-state index contributed by atoms with van der Waals surface area (Å²) >= 11 is 3.18. The Balaban J connectivity index is 1.56. The van der Waals surface area contributed by atoms with E-state index in [-0.39, 0.29) is 6.10 Å². The third kappa shape index (κ3) is 5.03. The van der Waals surface area contributed by atoms with Gasteiger partial charge in [0.15, 0.2) is 10.3 Å². The fourth-order valence-corrected chi connectivity index (χ4v) is 5.31. The number of likely N-dealkylation sites (N-methyl/N-ethyl adjacent to an activating group) is 1. The first kappa shape index (κ1) is 22.5. The Morgan fingerprint density at radius 1 is 1.22 bits per heavy atom. The molecule has 170 valence electrons. The van der Waals surface area contributed by atoms with E-state index in [4.69, 9.17) is 20.4 Å². The van der Waals surface area contributed by atoms with Crippen LogP contribution in [0.5, 0.6) is 5.75 Å². The molecule has 3 N–H and O–H groups in total. The smallest absolute Gasteiger partial charge is 0.248 e. The van der Waals surface area contributed by atoms with Crippen LogP contribution in [0.25, 0.3) is 10.6 Å². The van der Waals surface area contributed by atoms with Gasteiger partial charge >= 0.3 is 0 Å². The number of ether oxygens (including phenoxy) is 1. The number of hydrogen-bond donors (Lipinski definition) is 2. The van der Waals surface area contributed by atoms with Gasteiger partial charge in [0, 0.05) is 37.1 Å². The molecule has 1 aliphatic heterocycles. The van der Waals surface area contributed by atoms with Gasteiger partial charge in [-0.15, -0.1) is 11.3 Å². The number of aromatic nitrogens is 2. The van der Waals surface area contributed by atoms with E-state index < -0.39 is 5.91 Å². The second kappa shape index (κ2) is 9.43. The lowest BCUT2D eigenvalue weighted by Crippen LogP contribution is -2.44. The minimum absolute atomic E-state index is 0.00493. The third-order valence-electron chi connectivity index (χ3n) is 5.16. The SMILES string of the molecule is Cc1nc(N2CCN(C)CC2)sc1-c1csc(Nc2cc(C(N)=O)ccc2OC(C)C)n1. The van der Waals surface area contributed by atoms with Gasteiger partial charge in [-0.05, 0) is 46.0 Å². The van der Waals surface area contributed by atoms with Crippen LogP contribution in [-0.2, 0) is 0 Å². The molecule has 1 aliphatic rings. The Bertz CT molecular complexity index is 1100. The van der Waals surface area contributed by atoms with Crippen LogP contribution in [0.1, 0.15) is 29.9 Å². The zero-order chi connectivity index (χ0) is 22.8. The lowest BCUT2D eigenvalue weighted by atomic mass is 10.1. The molecule has 0 unspecified atom stereocenters. The molecule has 8 nitrogen and oxygen atoms in total. The maximum atomic E-state index is 11.6. The molecule has 32 heavy (non-hydrogen) atoms. The lowest BCUT2D eigenvalue weighted by molar-refractivity contribution is 0.100. The van der Waals surface area contributed by atoms with Crippen LogP contribution in [0, 0.1) is 6.92 Å². The molecular weight excluding hydrogens is 444 g/mol. The molecule has 0 radical (unpaired) electrons. The van der Waals surface area contributed by atoms with Gasteiger partial charge < -0.3 is 25.6 Å². The Labute approximate surface area is 196 Å². The first-order chi connectivity index (χ1) is 15.3. The van der Waals surface area contributed by atoms with E-state index in [9.17, 15) is 4.79 Å². The van der Waals surface area contributed by atoms with Crippen LogP contribution >= 0.6 is 22.7 Å². The van der Waals surface area contributed by atoms with Crippen LogP contribution in [0.15, 0.2) is 23.6 Å². The molecule has 0 saturated carbocycles. The molecule has 3 aromatic rings. The first-order valence-electron chi connectivity index (χ1n) is 10.5. The quantitative estimate of drug-likeness (QED) is 0.537. The van der Waals surface area contributed by atoms with Crippen molar-refractivity contribution in [3.63, 3.8) is 0 Å². The highest BCUT2D eigenvalue weighted by Gasteiger charge is 2.21. The maximum Gasteiger partial charge on any atom is 0.248 e. The minimum atomic E-state index is -0.485. The summed E-state index contributed by atoms with van der Waals surface area (Å²) in [6.07, 6.45) is -0.00493. The number of nitrogens with two attached hydrogens (primary N) is 1. The predicted molar refractivity (Wildman–Crippen MR) is 132 cm³/mol. The number of carbonyl (C=O) groups excluding carboxylic acids is 1. The average Bonchev–Trinajstić information content (AvgIpc) is 3.35. The Morgan fingerprint density at radius 3 is 2.66 bits per heavy atom. The Morgan fingerprint density at radius 2 is 1.97 bits per heavy atom. The summed E-state index contributed by atoms with van der Waals surface area (Å²) < 4.78 is 5.89. The van der Waals surface area contributed by atoms with Crippen molar-refractivity contribution < 1.29 is 9.53 Å². The second-order valence-electron chi connectivity index (χ2n) is 8.11. The number of hydrogen-bond acceptors (Lipinski definition) is 9. The van der Waals surface area contributed by atoms with Gasteiger partial charge in [0.05, 0.1) is 28.1 Å². The molecular formula is C22H28N6O2S2. The van der Waals surface area contributed by atoms with Crippen molar-refractivity contribution in [3.05, 3.63) is 34.8 Å². The van der Waals surface area contributed by atoms with E-state index in [1.165, 1.54) is 11.3 Å². The Kier molecular flexibility index (Phi) is 6.63. The average molecular weight is 473 g/mol. The van der Waals surface area contributed by atoms with Crippen LogP contribution in [0.2, 0.25) is 0 Å². The lowest BCUT2D eigenvalue weighted by Gasteiger charge is -2.32. The van der Waals surface area contributed by atoms with Crippen molar-refractivity contribution in [2.45, 2.75) is 26.9 Å². The van der Waals surface area contributed by atoms with Crippen molar-refractivity contribution in [3.8, 4) is 16.3 Å². The molecule has 1 fully saturated rings. The summed E-state index contributed by atoms with van der Waals surface area (Å²) in [5.74, 6) is 0.161. The summed E-state index contributed by atoms with van der Waals surface area (Å²) in [6.45, 7) is 10.0. The summed E-state index contributed by atoms with van der Waals surface area (Å²) in [5.41, 5.74) is 8.42. The van der Waals surface area contributed by atoms with E-state index in [0.717, 1.165) is 47.6 Å². The number of anilines is 3. The summed E-state index contributed by atoms with van der Waals surface area (Å²) in [4.78, 5) is 27.0. The number of nitrogens with zero attached hydrogens (tertiary/aromatic N) is 4. The third-order valence-corrected chi connectivity index (χ3v) is 7.16. The highest BCUT2D eigenvalue weighted by Crippen LogP contribution is 2.38. The van der Waals surface area contributed by atoms with Gasteiger partial charge in [-0.2, -0.15) is 0 Å². The number of carbonyl (C=O) groups is 1. The van der Waals surface area contributed by atoms with Gasteiger partial charge in [-0.3, -0.25) is 4.79 Å². The number of nitrogens with one attached hydrogen (secondary N) is 1. The second-order valence-corrected chi connectivity index (χ2v) is 9.94. The summed E-state index contributed by atoms with van der Waals surface area (Å²) in [5, 5.41) is 7.09. The van der Waals surface area contributed by atoms with Crippen LogP contribution in [0.3, 0.4) is 0 Å². The van der Waals surface area contributed by atoms with Crippen molar-refractivity contribution in [2.24, 2.45) is 5.73 Å². The zero-order valence-electron chi connectivity index (χ0n) is 18.7. The van der Waals surface area contributed by atoms with Crippen molar-refractivity contribution in [2.75, 3.05) is 43.4 Å². The molecule has 2 aromatic heterocycles. The highest BCUT2D eigenvalue weighted by molar-refractivity contribution is 7.19. The van der Waals surface area contributed by atoms with Crippen molar-refractivity contribution in [1.82, 2.24) is 14.9 Å². The topological polar surface area (TPSA) is 96.6 Å². The molecule has 1 saturated heterocycles. The molecule has 0 atom stereocenters. The predicted octanol–water partition coefficient (Wildman–Crippen LogP) is 3.96. The number of amides is 1. The molecule has 1 aromatic carbocycles. The number of benzene rings is 1. The highest BCUT2D eigenvalue weighted by atomic mass is 32.1. The largest absolute Gasteiger partial charge is 0.489 e. The van der Waals surface area contributed by atoms with E-state index >= 15 is 0 Å². The number of piperazine rings is 1. The molecule has 3 heterocycles. The van der Waals surface area contributed by atoms with Crippen LogP contribution in [-0.4, -0.2) is 60.1 Å². The minimum Gasteiger partial charge on any atom is -0.489 e. The molecule has 1 amide bonds. The fourth-order valence-electron chi connectivity index (χ4n) is 3.44. The summed E-state index contributed by atoms with van der Waals surface area (Å²) in [6, 6.07) is 5.12. The molecule has 10 heteroatoms. The normalized spacial score (nSPS) is 14.7. The zero-order valence-corrected chi connectivity index (χ0v) is 20.3. The van der Waals surface area contributed by atoms with Gasteiger partial charge in [0.25, 0.3) is 0 Å². The number of aryl methyl sites for hydroxylation is 1. The standard InChI is InChI=1S/C22H28N6O2S2/c1-13(2)30-18-6-5-15(20(23)29)11-16(18)25-21-26-17(12-31-21)19-14(3)24-22(32-19)28-9-7-27(4)8-10-28/h5-6,11-13H,7-10H2,1-4H3,(H2,23,29)(H,25,26). The van der Waals surface area contributed by atoms with E-state index in [1.54, 1.807) is 29.5 Å². The van der Waals surface area contributed by atoms with Crippen LogP contribution in [0.4, 0.5) is 16.0 Å². The van der Waals surface area contributed by atoms with Gasteiger partial charge in [0.2, 0.25) is 5.91 Å².